The molecule has 430 valence electrons. The molecule has 0 aliphatic rings. The summed E-state index contributed by atoms with van der Waals surface area (Å²) in [4.78, 5) is 47.0. The molecule has 0 saturated heterocycles. The highest BCUT2D eigenvalue weighted by molar-refractivity contribution is 5.90. The van der Waals surface area contributed by atoms with Crippen LogP contribution in [0, 0.1) is 0 Å². The number of hydrogen-bond donors (Lipinski definition) is 0. The van der Waals surface area contributed by atoms with E-state index in [1.54, 1.807) is 54.6 Å². The lowest BCUT2D eigenvalue weighted by atomic mass is 10.1. The second kappa shape index (κ2) is 44.3. The molecule has 0 aliphatic carbocycles. The van der Waals surface area contributed by atoms with Crippen molar-refractivity contribution < 1.29 is 76.5 Å². The largest absolute Gasteiger partial charge is 0.502 e. The molecule has 0 bridgehead atoms. The van der Waals surface area contributed by atoms with Gasteiger partial charge < -0.3 is 47.4 Å². The van der Waals surface area contributed by atoms with Crippen LogP contribution < -0.4 is 37.9 Å². The average molecular weight is 1090 g/mol. The van der Waals surface area contributed by atoms with E-state index in [2.05, 4.69) is 40.2 Å². The lowest BCUT2D eigenvalue weighted by Crippen LogP contribution is -2.08. The first-order valence-electron chi connectivity index (χ1n) is 27.5. The van der Waals surface area contributed by atoms with E-state index >= 15 is 0 Å². The SMILES string of the molecule is C=CCOOCCCCOc1ccc(C=CC(=O)Oc2ccc(OC(=O)C=Cc3ccc(OCCCCOC=C)c(OCCCCOC=C)c3OCCCCCC)cc2)c(OCCCCCC)c1OCCCCOOCC=C. The fourth-order valence-electron chi connectivity index (χ4n) is 7.07. The Morgan fingerprint density at radius 3 is 1.10 bits per heavy atom. The molecule has 78 heavy (non-hydrogen) atoms. The molecule has 0 aliphatic heterocycles. The minimum atomic E-state index is -0.639. The van der Waals surface area contributed by atoms with Gasteiger partial charge in [0.1, 0.15) is 24.7 Å². The zero-order valence-electron chi connectivity index (χ0n) is 46.4. The third-order valence-corrected chi connectivity index (χ3v) is 11.1. The fourth-order valence-corrected chi connectivity index (χ4v) is 7.07. The highest BCUT2D eigenvalue weighted by atomic mass is 17.2. The van der Waals surface area contributed by atoms with Crippen LogP contribution in [-0.2, 0) is 38.6 Å². The maximum absolute atomic E-state index is 13.3. The van der Waals surface area contributed by atoms with E-state index in [-0.39, 0.29) is 11.5 Å². The van der Waals surface area contributed by atoms with E-state index in [0.29, 0.717) is 151 Å². The molecule has 0 heterocycles. The number of carbonyl (C=O) groups is 2. The summed E-state index contributed by atoms with van der Waals surface area (Å²) in [5, 5.41) is 0. The lowest BCUT2D eigenvalue weighted by molar-refractivity contribution is -0.286. The summed E-state index contributed by atoms with van der Waals surface area (Å²) in [6.45, 7) is 23.7. The second-order valence-corrected chi connectivity index (χ2v) is 17.5. The molecule has 0 amide bonds. The molecule has 3 rings (SSSR count). The minimum Gasteiger partial charge on any atom is -0.502 e. The van der Waals surface area contributed by atoms with Crippen LogP contribution in [0.3, 0.4) is 0 Å². The zero-order valence-corrected chi connectivity index (χ0v) is 46.4. The Labute approximate surface area is 463 Å². The maximum atomic E-state index is 13.3. The number of esters is 2. The molecule has 3 aromatic carbocycles. The van der Waals surface area contributed by atoms with Gasteiger partial charge in [0.25, 0.3) is 0 Å². The van der Waals surface area contributed by atoms with Crippen LogP contribution in [0.15, 0.2) is 112 Å². The molecule has 0 unspecified atom stereocenters. The van der Waals surface area contributed by atoms with Crippen molar-refractivity contribution in [2.24, 2.45) is 0 Å². The summed E-state index contributed by atoms with van der Waals surface area (Å²) in [6.07, 6.45) is 25.8. The number of ether oxygens (including phenoxy) is 10. The Bertz CT molecular complexity index is 2190. The summed E-state index contributed by atoms with van der Waals surface area (Å²) in [5.74, 6) is 2.07. The van der Waals surface area contributed by atoms with Gasteiger partial charge in [-0.2, -0.15) is 0 Å². The zero-order chi connectivity index (χ0) is 55.9. The molecule has 3 aromatic rings. The molecule has 0 atom stereocenters. The van der Waals surface area contributed by atoms with Crippen LogP contribution in [-0.4, -0.2) is 91.2 Å². The van der Waals surface area contributed by atoms with Gasteiger partial charge in [-0.25, -0.2) is 29.1 Å². The normalized spacial score (nSPS) is 11.0. The molecule has 0 fully saturated rings. The molecular weight excluding hydrogens is 1000 g/mol. The topological polar surface area (TPSA) is 163 Å². The molecule has 0 aromatic heterocycles. The Morgan fingerprint density at radius 1 is 0.385 bits per heavy atom. The first-order valence-corrected chi connectivity index (χ1v) is 27.5. The molecule has 16 nitrogen and oxygen atoms in total. The van der Waals surface area contributed by atoms with Crippen LogP contribution >= 0.6 is 0 Å². The standard InChI is InChI=1S/C62H86O16/c1-7-13-15-17-45-69-59-51(27-35-55(67-43-21-19-41-65-11-5)61(59)71-47-22-20-42-66-12-6)29-37-57(63)77-53-31-33-54(34-32-53)78-58(64)38-30-52-28-36-56(68-44-23-25-49-75-73-39-9-3)62(60(52)70-46-18-16-14-8-2)72-48-24-26-50-76-74-40-10-4/h9-12,27-38H,3-8,13-26,39-50H2,1-2H3. The molecule has 0 radical (unpaired) electrons. The van der Waals surface area contributed by atoms with Crippen molar-refractivity contribution in [1.82, 2.24) is 0 Å². The van der Waals surface area contributed by atoms with Gasteiger partial charge in [0.05, 0.1) is 78.6 Å². The van der Waals surface area contributed by atoms with Crippen molar-refractivity contribution in [3.8, 4) is 46.0 Å². The Kier molecular flexibility index (Phi) is 37.2. The smallest absolute Gasteiger partial charge is 0.336 e. The van der Waals surface area contributed by atoms with Gasteiger partial charge in [-0.1, -0.05) is 77.7 Å². The van der Waals surface area contributed by atoms with Gasteiger partial charge in [-0.05, 0) is 125 Å². The quantitative estimate of drug-likeness (QED) is 0.00766. The van der Waals surface area contributed by atoms with E-state index < -0.39 is 11.9 Å². The highest BCUT2D eigenvalue weighted by Crippen LogP contribution is 2.43. The Balaban J connectivity index is 1.77. The number of benzene rings is 3. The number of rotatable bonds is 50. The molecule has 0 N–H and O–H groups in total. The predicted octanol–water partition coefficient (Wildman–Crippen LogP) is 14.1. The fraction of sp³-hybridized carbons (Fsp3) is 0.484. The van der Waals surface area contributed by atoms with Crippen LogP contribution in [0.4, 0.5) is 0 Å². The number of hydrogen-bond acceptors (Lipinski definition) is 16. The van der Waals surface area contributed by atoms with Crippen molar-refractivity contribution in [2.45, 2.75) is 117 Å². The van der Waals surface area contributed by atoms with E-state index in [0.717, 1.165) is 77.0 Å². The van der Waals surface area contributed by atoms with Crippen LogP contribution in [0.25, 0.3) is 12.2 Å². The van der Waals surface area contributed by atoms with Crippen molar-refractivity contribution >= 4 is 24.1 Å². The molecule has 0 saturated carbocycles. The van der Waals surface area contributed by atoms with Gasteiger partial charge in [0.2, 0.25) is 11.5 Å². The van der Waals surface area contributed by atoms with E-state index in [4.69, 9.17) is 66.9 Å². The third kappa shape index (κ3) is 29.1. The number of carbonyl (C=O) groups excluding carboxylic acids is 2. The second-order valence-electron chi connectivity index (χ2n) is 17.5. The summed E-state index contributed by atoms with van der Waals surface area (Å²) >= 11 is 0. The highest BCUT2D eigenvalue weighted by Gasteiger charge is 2.20. The van der Waals surface area contributed by atoms with E-state index in [9.17, 15) is 9.59 Å². The van der Waals surface area contributed by atoms with Crippen molar-refractivity contribution in [3.05, 3.63) is 123 Å². The summed E-state index contributed by atoms with van der Waals surface area (Å²) in [5.41, 5.74) is 1.21. The van der Waals surface area contributed by atoms with Crippen molar-refractivity contribution in [2.75, 3.05) is 79.3 Å². The van der Waals surface area contributed by atoms with Crippen molar-refractivity contribution in [1.29, 1.82) is 0 Å². The summed E-state index contributed by atoms with van der Waals surface area (Å²) < 4.78 is 59.8. The van der Waals surface area contributed by atoms with Crippen molar-refractivity contribution in [3.63, 3.8) is 0 Å². The van der Waals surface area contributed by atoms with Gasteiger partial charge in [-0.15, -0.1) is 13.2 Å². The van der Waals surface area contributed by atoms with Crippen LogP contribution in [0.2, 0.25) is 0 Å². The van der Waals surface area contributed by atoms with E-state index in [1.165, 1.54) is 24.7 Å². The average Bonchev–Trinajstić information content (AvgIpc) is 3.47. The lowest BCUT2D eigenvalue weighted by Gasteiger charge is -2.19. The Morgan fingerprint density at radius 2 is 0.731 bits per heavy atom. The van der Waals surface area contributed by atoms with Gasteiger partial charge in [-0.3, -0.25) is 0 Å². The van der Waals surface area contributed by atoms with Gasteiger partial charge in [0, 0.05) is 23.3 Å². The maximum Gasteiger partial charge on any atom is 0.336 e. The van der Waals surface area contributed by atoms with Gasteiger partial charge >= 0.3 is 11.9 Å². The Hall–Kier alpha value is -6.72. The third-order valence-electron chi connectivity index (χ3n) is 11.1. The number of unbranched alkanes of at least 4 members (excludes halogenated alkanes) is 10. The molecule has 16 heteroatoms. The summed E-state index contributed by atoms with van der Waals surface area (Å²) in [6, 6.07) is 13.4. The first kappa shape index (κ1) is 65.6. The van der Waals surface area contributed by atoms with E-state index in [1.807, 2.05) is 18.2 Å². The molecule has 0 spiro atoms. The van der Waals surface area contributed by atoms with Gasteiger partial charge in [0.15, 0.2) is 23.0 Å². The first-order chi connectivity index (χ1) is 38.4. The van der Waals surface area contributed by atoms with Crippen LogP contribution in [0.5, 0.6) is 46.0 Å². The minimum absolute atomic E-state index is 0.241. The predicted molar refractivity (Wildman–Crippen MR) is 303 cm³/mol. The summed E-state index contributed by atoms with van der Waals surface area (Å²) in [7, 11) is 0. The monoisotopic (exact) mass is 1090 g/mol. The molecular formula is C62H86O16. The van der Waals surface area contributed by atoms with Crippen LogP contribution in [0.1, 0.15) is 128 Å².